The van der Waals surface area contributed by atoms with E-state index in [9.17, 15) is 9.59 Å². The molecule has 1 aliphatic heterocycles. The molecule has 21 heavy (non-hydrogen) atoms. The molecule has 0 radical (unpaired) electrons. The maximum Gasteiger partial charge on any atom is 0.253 e. The van der Waals surface area contributed by atoms with E-state index in [0.29, 0.717) is 17.8 Å². The SMILES string of the molecule is O=C1NCC(=O)N(Cc2ccc(I)cc2)c2ccccc21. The number of amides is 2. The van der Waals surface area contributed by atoms with Gasteiger partial charge in [-0.3, -0.25) is 9.59 Å². The third kappa shape index (κ3) is 2.92. The highest BCUT2D eigenvalue weighted by atomic mass is 127. The van der Waals surface area contributed by atoms with Gasteiger partial charge in [0.2, 0.25) is 5.91 Å². The number of para-hydroxylation sites is 1. The lowest BCUT2D eigenvalue weighted by molar-refractivity contribution is -0.117. The molecule has 1 aliphatic rings. The van der Waals surface area contributed by atoms with Gasteiger partial charge in [-0.25, -0.2) is 0 Å². The predicted molar refractivity (Wildman–Crippen MR) is 89.1 cm³/mol. The Morgan fingerprint density at radius 3 is 2.52 bits per heavy atom. The lowest BCUT2D eigenvalue weighted by Crippen LogP contribution is -2.36. The highest BCUT2D eigenvalue weighted by Gasteiger charge is 2.25. The Labute approximate surface area is 136 Å². The second kappa shape index (κ2) is 5.85. The molecule has 5 heteroatoms. The standard InChI is InChI=1S/C16H13IN2O2/c17-12-7-5-11(6-8-12)10-19-14-4-2-1-3-13(14)16(21)18-9-15(19)20/h1-8H,9-10H2,(H,18,21). The maximum absolute atomic E-state index is 12.3. The lowest BCUT2D eigenvalue weighted by atomic mass is 10.1. The van der Waals surface area contributed by atoms with E-state index in [2.05, 4.69) is 27.9 Å². The van der Waals surface area contributed by atoms with Crippen LogP contribution in [0.4, 0.5) is 5.69 Å². The topological polar surface area (TPSA) is 49.4 Å². The largest absolute Gasteiger partial charge is 0.343 e. The fourth-order valence-corrected chi connectivity index (χ4v) is 2.69. The van der Waals surface area contributed by atoms with Crippen LogP contribution < -0.4 is 10.2 Å². The molecule has 106 valence electrons. The van der Waals surface area contributed by atoms with Crippen molar-refractivity contribution in [2.75, 3.05) is 11.4 Å². The van der Waals surface area contributed by atoms with Gasteiger partial charge < -0.3 is 10.2 Å². The van der Waals surface area contributed by atoms with Gasteiger partial charge >= 0.3 is 0 Å². The molecule has 0 unspecified atom stereocenters. The van der Waals surface area contributed by atoms with E-state index in [0.717, 1.165) is 9.13 Å². The minimum absolute atomic E-state index is 0.0257. The van der Waals surface area contributed by atoms with Gasteiger partial charge in [0.05, 0.1) is 24.3 Å². The summed E-state index contributed by atoms with van der Waals surface area (Å²) in [4.78, 5) is 26.0. The van der Waals surface area contributed by atoms with Crippen molar-refractivity contribution >= 4 is 40.1 Å². The molecule has 0 saturated heterocycles. The van der Waals surface area contributed by atoms with Crippen molar-refractivity contribution in [3.05, 3.63) is 63.2 Å². The molecule has 4 nitrogen and oxygen atoms in total. The number of halogens is 1. The maximum atomic E-state index is 12.3. The first-order valence-corrected chi connectivity index (χ1v) is 7.65. The van der Waals surface area contributed by atoms with E-state index < -0.39 is 0 Å². The van der Waals surface area contributed by atoms with Crippen LogP contribution in [0.2, 0.25) is 0 Å². The first kappa shape index (κ1) is 14.1. The minimum atomic E-state index is -0.205. The van der Waals surface area contributed by atoms with Crippen molar-refractivity contribution in [3.63, 3.8) is 0 Å². The monoisotopic (exact) mass is 392 g/mol. The van der Waals surface area contributed by atoms with Crippen molar-refractivity contribution < 1.29 is 9.59 Å². The number of benzene rings is 2. The summed E-state index contributed by atoms with van der Waals surface area (Å²) in [6.07, 6.45) is 0. The van der Waals surface area contributed by atoms with Gasteiger partial charge in [0, 0.05) is 3.57 Å². The number of carbonyl (C=O) groups is 2. The van der Waals surface area contributed by atoms with E-state index in [1.165, 1.54) is 0 Å². The zero-order valence-corrected chi connectivity index (χ0v) is 13.3. The zero-order chi connectivity index (χ0) is 14.8. The number of fused-ring (bicyclic) bond motifs is 1. The Morgan fingerprint density at radius 1 is 1.05 bits per heavy atom. The molecule has 0 bridgehead atoms. The van der Waals surface area contributed by atoms with E-state index in [-0.39, 0.29) is 18.4 Å². The summed E-state index contributed by atoms with van der Waals surface area (Å²) < 4.78 is 1.15. The Hall–Kier alpha value is -1.89. The van der Waals surface area contributed by atoms with E-state index in [1.54, 1.807) is 17.0 Å². The van der Waals surface area contributed by atoms with Crippen LogP contribution in [0.15, 0.2) is 48.5 Å². The number of carbonyl (C=O) groups excluding carboxylic acids is 2. The normalized spacial score (nSPS) is 14.4. The molecule has 0 spiro atoms. The molecule has 2 aromatic rings. The summed E-state index contributed by atoms with van der Waals surface area (Å²) in [6.45, 7) is 0.486. The van der Waals surface area contributed by atoms with Crippen LogP contribution in [0.5, 0.6) is 0 Å². The molecule has 0 aromatic heterocycles. The Kier molecular flexibility index (Phi) is 3.92. The summed E-state index contributed by atoms with van der Waals surface area (Å²) in [5.74, 6) is -0.309. The first-order valence-electron chi connectivity index (χ1n) is 6.57. The summed E-state index contributed by atoms with van der Waals surface area (Å²) in [5, 5.41) is 2.64. The quantitative estimate of drug-likeness (QED) is 0.799. The number of anilines is 1. The van der Waals surface area contributed by atoms with Gasteiger partial charge in [-0.1, -0.05) is 24.3 Å². The second-order valence-corrected chi connectivity index (χ2v) is 6.05. The molecule has 0 atom stereocenters. The van der Waals surface area contributed by atoms with Crippen LogP contribution in [0, 0.1) is 3.57 Å². The van der Waals surface area contributed by atoms with Gasteiger partial charge in [-0.15, -0.1) is 0 Å². The molecule has 0 saturated carbocycles. The van der Waals surface area contributed by atoms with Crippen LogP contribution in [0.3, 0.4) is 0 Å². The van der Waals surface area contributed by atoms with Crippen molar-refractivity contribution in [1.29, 1.82) is 0 Å². The van der Waals surface area contributed by atoms with Gasteiger partial charge in [0.15, 0.2) is 0 Å². The Morgan fingerprint density at radius 2 is 1.76 bits per heavy atom. The number of nitrogens with one attached hydrogen (secondary N) is 1. The van der Waals surface area contributed by atoms with Crippen LogP contribution in [-0.4, -0.2) is 18.4 Å². The van der Waals surface area contributed by atoms with Crippen LogP contribution in [0.1, 0.15) is 15.9 Å². The van der Waals surface area contributed by atoms with Gasteiger partial charge in [-0.2, -0.15) is 0 Å². The summed E-state index contributed by atoms with van der Waals surface area (Å²) in [7, 11) is 0. The smallest absolute Gasteiger partial charge is 0.253 e. The number of rotatable bonds is 2. The number of nitrogens with zero attached hydrogens (tertiary/aromatic N) is 1. The molecule has 1 heterocycles. The summed E-state index contributed by atoms with van der Waals surface area (Å²) in [6, 6.07) is 15.2. The van der Waals surface area contributed by atoms with Gasteiger partial charge in [0.1, 0.15) is 0 Å². The first-order chi connectivity index (χ1) is 10.1. The molecular formula is C16H13IN2O2. The minimum Gasteiger partial charge on any atom is -0.343 e. The Balaban J connectivity index is 1.99. The van der Waals surface area contributed by atoms with E-state index in [4.69, 9.17) is 0 Å². The van der Waals surface area contributed by atoms with Crippen molar-refractivity contribution in [1.82, 2.24) is 5.32 Å². The van der Waals surface area contributed by atoms with Crippen molar-refractivity contribution in [2.24, 2.45) is 0 Å². The predicted octanol–water partition coefficient (Wildman–Crippen LogP) is 2.57. The average molecular weight is 392 g/mol. The highest BCUT2D eigenvalue weighted by Crippen LogP contribution is 2.24. The lowest BCUT2D eigenvalue weighted by Gasteiger charge is -2.22. The molecule has 3 rings (SSSR count). The fourth-order valence-electron chi connectivity index (χ4n) is 2.33. The van der Waals surface area contributed by atoms with Crippen molar-refractivity contribution in [2.45, 2.75) is 6.54 Å². The molecule has 2 amide bonds. The number of hydrogen-bond acceptors (Lipinski definition) is 2. The van der Waals surface area contributed by atoms with E-state index >= 15 is 0 Å². The fraction of sp³-hybridized carbons (Fsp3) is 0.125. The average Bonchev–Trinajstić information content (AvgIpc) is 2.62. The molecule has 1 N–H and O–H groups in total. The number of hydrogen-bond donors (Lipinski definition) is 1. The third-order valence-corrected chi connectivity index (χ3v) is 4.11. The zero-order valence-electron chi connectivity index (χ0n) is 11.2. The van der Waals surface area contributed by atoms with Crippen LogP contribution >= 0.6 is 22.6 Å². The molecule has 0 fully saturated rings. The molecule has 2 aromatic carbocycles. The van der Waals surface area contributed by atoms with Gasteiger partial charge in [-0.05, 0) is 52.4 Å². The molecule has 0 aliphatic carbocycles. The third-order valence-electron chi connectivity index (χ3n) is 3.39. The summed E-state index contributed by atoms with van der Waals surface area (Å²) >= 11 is 2.25. The summed E-state index contributed by atoms with van der Waals surface area (Å²) in [5.41, 5.74) is 2.23. The van der Waals surface area contributed by atoms with Gasteiger partial charge in [0.25, 0.3) is 5.91 Å². The highest BCUT2D eigenvalue weighted by molar-refractivity contribution is 14.1. The Bertz CT molecular complexity index is 698. The van der Waals surface area contributed by atoms with Crippen molar-refractivity contribution in [3.8, 4) is 0 Å². The van der Waals surface area contributed by atoms with E-state index in [1.807, 2.05) is 36.4 Å². The van der Waals surface area contributed by atoms with Crippen LogP contribution in [0.25, 0.3) is 0 Å². The second-order valence-electron chi connectivity index (χ2n) is 4.81. The van der Waals surface area contributed by atoms with Crippen LogP contribution in [-0.2, 0) is 11.3 Å². The molecular weight excluding hydrogens is 379 g/mol.